The highest BCUT2D eigenvalue weighted by Crippen LogP contribution is 2.20. The molecule has 1 aliphatic heterocycles. The van der Waals surface area contributed by atoms with Gasteiger partial charge in [0.1, 0.15) is 0 Å². The van der Waals surface area contributed by atoms with Gasteiger partial charge in [0, 0.05) is 18.8 Å². The minimum absolute atomic E-state index is 0.113. The van der Waals surface area contributed by atoms with Gasteiger partial charge >= 0.3 is 10.2 Å². The van der Waals surface area contributed by atoms with Crippen LogP contribution >= 0.6 is 0 Å². The van der Waals surface area contributed by atoms with Crippen molar-refractivity contribution in [1.29, 1.82) is 0 Å². The molecule has 1 saturated heterocycles. The molecule has 0 radical (unpaired) electrons. The van der Waals surface area contributed by atoms with Gasteiger partial charge in [-0.25, -0.2) is 0 Å². The number of nitrogens with one attached hydrogen (secondary N) is 1. The Hall–Kier alpha value is -1.31. The van der Waals surface area contributed by atoms with Crippen LogP contribution in [-0.4, -0.2) is 38.0 Å². The summed E-state index contributed by atoms with van der Waals surface area (Å²) in [7, 11) is -3.58. The molecule has 0 aliphatic carbocycles. The van der Waals surface area contributed by atoms with Gasteiger partial charge in [0.15, 0.2) is 0 Å². The molecule has 7 heteroatoms. The summed E-state index contributed by atoms with van der Waals surface area (Å²) < 4.78 is 34.2. The third kappa shape index (κ3) is 3.41. The van der Waals surface area contributed by atoms with E-state index in [9.17, 15) is 8.42 Å². The first-order chi connectivity index (χ1) is 9.28. The van der Waals surface area contributed by atoms with E-state index in [1.54, 1.807) is 18.2 Å². The quantitative estimate of drug-likeness (QED) is 0.825. The molecule has 0 saturated carbocycles. The number of morpholine rings is 1. The maximum atomic E-state index is 12.4. The molecule has 3 N–H and O–H groups in total. The second kappa shape index (κ2) is 5.59. The molecular weight excluding hydrogens is 278 g/mol. The average molecular weight is 299 g/mol. The SMILES string of the molecule is Cc1ccc(NS(=O)(=O)N2CC(C)OC(C)C2)cc1N. The van der Waals surface area contributed by atoms with Crippen molar-refractivity contribution in [1.82, 2.24) is 4.31 Å². The summed E-state index contributed by atoms with van der Waals surface area (Å²) in [6.07, 6.45) is -0.225. The number of nitrogens with two attached hydrogens (primary N) is 1. The number of aryl methyl sites for hydroxylation is 1. The molecule has 1 heterocycles. The van der Waals surface area contributed by atoms with Crippen molar-refractivity contribution < 1.29 is 13.2 Å². The Morgan fingerprint density at radius 3 is 2.45 bits per heavy atom. The fourth-order valence-corrected chi connectivity index (χ4v) is 3.61. The molecule has 0 amide bonds. The second-order valence-corrected chi connectivity index (χ2v) is 6.92. The fraction of sp³-hybridized carbons (Fsp3) is 0.538. The first kappa shape index (κ1) is 15.1. The predicted molar refractivity (Wildman–Crippen MR) is 79.7 cm³/mol. The van der Waals surface area contributed by atoms with Gasteiger partial charge in [0.2, 0.25) is 0 Å². The molecule has 1 aromatic rings. The number of benzene rings is 1. The molecule has 1 fully saturated rings. The number of hydrogen-bond donors (Lipinski definition) is 2. The van der Waals surface area contributed by atoms with E-state index in [1.807, 2.05) is 20.8 Å². The molecule has 6 nitrogen and oxygen atoms in total. The lowest BCUT2D eigenvalue weighted by Gasteiger charge is -2.34. The number of hydrogen-bond acceptors (Lipinski definition) is 4. The highest BCUT2D eigenvalue weighted by atomic mass is 32.2. The molecule has 0 aromatic heterocycles. The zero-order valence-corrected chi connectivity index (χ0v) is 12.8. The smallest absolute Gasteiger partial charge is 0.301 e. The summed E-state index contributed by atoms with van der Waals surface area (Å²) in [6, 6.07) is 5.12. The van der Waals surface area contributed by atoms with Gasteiger partial charge in [0.25, 0.3) is 0 Å². The lowest BCUT2D eigenvalue weighted by atomic mass is 10.2. The second-order valence-electron chi connectivity index (χ2n) is 5.25. The zero-order valence-electron chi connectivity index (χ0n) is 12.0. The van der Waals surface area contributed by atoms with Crippen molar-refractivity contribution in [3.63, 3.8) is 0 Å². The molecule has 2 unspecified atom stereocenters. The van der Waals surface area contributed by atoms with Gasteiger partial charge < -0.3 is 10.5 Å². The number of nitrogen functional groups attached to an aromatic ring is 1. The van der Waals surface area contributed by atoms with Crippen LogP contribution in [0, 0.1) is 6.92 Å². The van der Waals surface area contributed by atoms with Gasteiger partial charge in [-0.15, -0.1) is 0 Å². The Morgan fingerprint density at radius 2 is 1.90 bits per heavy atom. The molecule has 20 heavy (non-hydrogen) atoms. The number of nitrogens with zero attached hydrogens (tertiary/aromatic N) is 1. The van der Waals surface area contributed by atoms with Crippen molar-refractivity contribution in [2.24, 2.45) is 0 Å². The number of anilines is 2. The normalized spacial score (nSPS) is 24.6. The third-order valence-corrected chi connectivity index (χ3v) is 4.72. The standard InChI is InChI=1S/C13H21N3O3S/c1-9-4-5-12(6-13(9)14)15-20(17,18)16-7-10(2)19-11(3)8-16/h4-6,10-11,15H,7-8,14H2,1-3H3. The summed E-state index contributed by atoms with van der Waals surface area (Å²) in [4.78, 5) is 0. The lowest BCUT2D eigenvalue weighted by Crippen LogP contribution is -2.49. The first-order valence-corrected chi connectivity index (χ1v) is 8.01. The fourth-order valence-electron chi connectivity index (χ4n) is 2.24. The maximum absolute atomic E-state index is 12.4. The van der Waals surface area contributed by atoms with Crippen LogP contribution in [0.3, 0.4) is 0 Å². The van der Waals surface area contributed by atoms with E-state index in [4.69, 9.17) is 10.5 Å². The summed E-state index contributed by atoms with van der Waals surface area (Å²) in [5.41, 5.74) is 7.75. The minimum Gasteiger partial charge on any atom is -0.398 e. The van der Waals surface area contributed by atoms with Crippen molar-refractivity contribution in [3.8, 4) is 0 Å². The Kier molecular flexibility index (Phi) is 4.22. The van der Waals surface area contributed by atoms with Crippen LogP contribution in [0.15, 0.2) is 18.2 Å². The van der Waals surface area contributed by atoms with Crippen molar-refractivity contribution in [3.05, 3.63) is 23.8 Å². The van der Waals surface area contributed by atoms with E-state index in [2.05, 4.69) is 4.72 Å². The maximum Gasteiger partial charge on any atom is 0.301 e. The van der Waals surface area contributed by atoms with Gasteiger partial charge in [-0.2, -0.15) is 12.7 Å². The topological polar surface area (TPSA) is 84.7 Å². The molecule has 0 spiro atoms. The Labute approximate surface area is 120 Å². The van der Waals surface area contributed by atoms with Crippen molar-refractivity contribution in [2.45, 2.75) is 33.0 Å². The molecule has 112 valence electrons. The van der Waals surface area contributed by atoms with Gasteiger partial charge in [0.05, 0.1) is 17.9 Å². The highest BCUT2D eigenvalue weighted by molar-refractivity contribution is 7.90. The van der Waals surface area contributed by atoms with E-state index in [1.165, 1.54) is 4.31 Å². The molecule has 1 aliphatic rings. The summed E-state index contributed by atoms with van der Waals surface area (Å²) in [5, 5.41) is 0. The third-order valence-electron chi connectivity index (χ3n) is 3.25. The number of ether oxygens (including phenoxy) is 1. The monoisotopic (exact) mass is 299 g/mol. The summed E-state index contributed by atoms with van der Waals surface area (Å²) in [5.74, 6) is 0. The molecule has 0 bridgehead atoms. The molecule has 2 atom stereocenters. The van der Waals surface area contributed by atoms with E-state index in [-0.39, 0.29) is 12.2 Å². The van der Waals surface area contributed by atoms with Crippen molar-refractivity contribution >= 4 is 21.6 Å². The predicted octanol–water partition coefficient (Wildman–Crippen LogP) is 1.34. The first-order valence-electron chi connectivity index (χ1n) is 6.57. The van der Waals surface area contributed by atoms with E-state index in [0.717, 1.165) is 5.56 Å². The zero-order chi connectivity index (χ0) is 14.9. The Morgan fingerprint density at radius 1 is 1.30 bits per heavy atom. The van der Waals surface area contributed by atoms with E-state index >= 15 is 0 Å². The number of rotatable bonds is 3. The van der Waals surface area contributed by atoms with E-state index in [0.29, 0.717) is 24.5 Å². The Balaban J connectivity index is 2.16. The minimum atomic E-state index is -3.58. The molecule has 2 rings (SSSR count). The average Bonchev–Trinajstić information content (AvgIpc) is 2.32. The van der Waals surface area contributed by atoms with Crippen LogP contribution in [-0.2, 0) is 14.9 Å². The van der Waals surface area contributed by atoms with Crippen molar-refractivity contribution in [2.75, 3.05) is 23.5 Å². The van der Waals surface area contributed by atoms with Crippen LogP contribution in [0.1, 0.15) is 19.4 Å². The van der Waals surface area contributed by atoms with Gasteiger partial charge in [-0.3, -0.25) is 4.72 Å². The van der Waals surface area contributed by atoms with Crippen LogP contribution < -0.4 is 10.5 Å². The van der Waals surface area contributed by atoms with Gasteiger partial charge in [-0.1, -0.05) is 6.07 Å². The Bertz CT molecular complexity index is 579. The van der Waals surface area contributed by atoms with Crippen LogP contribution in [0.5, 0.6) is 0 Å². The summed E-state index contributed by atoms with van der Waals surface area (Å²) >= 11 is 0. The highest BCUT2D eigenvalue weighted by Gasteiger charge is 2.30. The van der Waals surface area contributed by atoms with Crippen LogP contribution in [0.4, 0.5) is 11.4 Å². The lowest BCUT2D eigenvalue weighted by molar-refractivity contribution is -0.0439. The van der Waals surface area contributed by atoms with E-state index < -0.39 is 10.2 Å². The summed E-state index contributed by atoms with van der Waals surface area (Å²) in [6.45, 7) is 6.30. The molecule has 1 aromatic carbocycles. The van der Waals surface area contributed by atoms with Crippen LogP contribution in [0.2, 0.25) is 0 Å². The van der Waals surface area contributed by atoms with Gasteiger partial charge in [-0.05, 0) is 38.5 Å². The largest absolute Gasteiger partial charge is 0.398 e. The molecular formula is C13H21N3O3S. The van der Waals surface area contributed by atoms with Crippen LogP contribution in [0.25, 0.3) is 0 Å².